The summed E-state index contributed by atoms with van der Waals surface area (Å²) in [5.74, 6) is -0.500. The summed E-state index contributed by atoms with van der Waals surface area (Å²) < 4.78 is 2.66. The number of benzene rings is 2. The zero-order chi connectivity index (χ0) is 20.1. The maximum atomic E-state index is 12.6. The third kappa shape index (κ3) is 5.07. The molecule has 6 nitrogen and oxygen atoms in total. The predicted molar refractivity (Wildman–Crippen MR) is 112 cm³/mol. The molecular formula is C21H21BrN4O2. The van der Waals surface area contributed by atoms with Gasteiger partial charge in [-0.05, 0) is 36.2 Å². The molecule has 0 unspecified atom stereocenters. The molecular weight excluding hydrogens is 420 g/mol. The van der Waals surface area contributed by atoms with Crippen LogP contribution in [0, 0.1) is 6.92 Å². The molecule has 0 radical (unpaired) electrons. The zero-order valence-electron chi connectivity index (χ0n) is 15.7. The molecule has 0 atom stereocenters. The first-order chi connectivity index (χ1) is 13.4. The number of nitrogens with one attached hydrogen (secondary N) is 1. The van der Waals surface area contributed by atoms with Crippen molar-refractivity contribution in [3.8, 4) is 0 Å². The minimum atomic E-state index is -0.252. The van der Waals surface area contributed by atoms with Gasteiger partial charge in [0.1, 0.15) is 0 Å². The maximum Gasteiger partial charge on any atom is 0.257 e. The van der Waals surface area contributed by atoms with Gasteiger partial charge in [0.05, 0.1) is 24.8 Å². The van der Waals surface area contributed by atoms with Crippen LogP contribution in [0.4, 0.5) is 5.69 Å². The van der Waals surface area contributed by atoms with Crippen LogP contribution in [0.2, 0.25) is 0 Å². The van der Waals surface area contributed by atoms with Crippen LogP contribution in [-0.4, -0.2) is 40.1 Å². The Morgan fingerprint density at radius 3 is 2.64 bits per heavy atom. The average Bonchev–Trinajstić information content (AvgIpc) is 3.12. The highest BCUT2D eigenvalue weighted by Gasteiger charge is 2.17. The molecule has 0 bridgehead atoms. The number of carbonyl (C=O) groups excluding carboxylic acids is 2. The molecule has 0 saturated heterocycles. The number of hydrogen-bond acceptors (Lipinski definition) is 3. The lowest BCUT2D eigenvalue weighted by Gasteiger charge is -2.16. The summed E-state index contributed by atoms with van der Waals surface area (Å²) >= 11 is 3.40. The molecule has 0 fully saturated rings. The fourth-order valence-corrected chi connectivity index (χ4v) is 3.27. The van der Waals surface area contributed by atoms with E-state index < -0.39 is 0 Å². The van der Waals surface area contributed by atoms with Crippen molar-refractivity contribution in [1.29, 1.82) is 0 Å². The van der Waals surface area contributed by atoms with Crippen molar-refractivity contribution in [3.63, 3.8) is 0 Å². The Morgan fingerprint density at radius 2 is 1.93 bits per heavy atom. The van der Waals surface area contributed by atoms with Crippen LogP contribution in [0.3, 0.4) is 0 Å². The molecule has 1 N–H and O–H groups in total. The largest absolute Gasteiger partial charge is 0.332 e. The van der Waals surface area contributed by atoms with E-state index in [0.29, 0.717) is 12.1 Å². The lowest BCUT2D eigenvalue weighted by Crippen LogP contribution is -2.34. The minimum absolute atomic E-state index is 0.0434. The summed E-state index contributed by atoms with van der Waals surface area (Å²) in [4.78, 5) is 26.3. The van der Waals surface area contributed by atoms with Gasteiger partial charge in [0.2, 0.25) is 5.91 Å². The Labute approximate surface area is 172 Å². The van der Waals surface area contributed by atoms with E-state index in [2.05, 4.69) is 26.3 Å². The summed E-state index contributed by atoms with van der Waals surface area (Å²) in [6.07, 6.45) is 3.22. The molecule has 1 aromatic heterocycles. The fraction of sp³-hybridized carbons (Fsp3) is 0.190. The number of aromatic nitrogens is 2. The van der Waals surface area contributed by atoms with Crippen LogP contribution >= 0.6 is 15.9 Å². The zero-order valence-corrected chi connectivity index (χ0v) is 17.3. The molecule has 0 spiro atoms. The molecule has 0 aliphatic carbocycles. The van der Waals surface area contributed by atoms with Gasteiger partial charge in [-0.25, -0.2) is 0 Å². The second-order valence-corrected chi connectivity index (χ2v) is 7.50. The van der Waals surface area contributed by atoms with Crippen molar-refractivity contribution in [2.75, 3.05) is 18.9 Å². The van der Waals surface area contributed by atoms with Crippen molar-refractivity contribution in [2.24, 2.45) is 0 Å². The highest BCUT2D eigenvalue weighted by molar-refractivity contribution is 9.10. The third-order valence-electron chi connectivity index (χ3n) is 4.26. The van der Waals surface area contributed by atoms with Gasteiger partial charge in [-0.1, -0.05) is 46.3 Å². The molecule has 0 saturated carbocycles. The number of anilines is 1. The maximum absolute atomic E-state index is 12.6. The molecule has 0 aliphatic rings. The van der Waals surface area contributed by atoms with Gasteiger partial charge >= 0.3 is 0 Å². The summed E-state index contributed by atoms with van der Waals surface area (Å²) in [7, 11) is 1.60. The van der Waals surface area contributed by atoms with Crippen LogP contribution in [0.15, 0.2) is 65.4 Å². The summed E-state index contributed by atoms with van der Waals surface area (Å²) in [5.41, 5.74) is 3.22. The average molecular weight is 441 g/mol. The summed E-state index contributed by atoms with van der Waals surface area (Å²) in [5, 5.41) is 7.08. The molecule has 7 heteroatoms. The highest BCUT2D eigenvalue weighted by Crippen LogP contribution is 2.20. The van der Waals surface area contributed by atoms with E-state index >= 15 is 0 Å². The number of halogens is 1. The number of carbonyl (C=O) groups is 2. The van der Waals surface area contributed by atoms with Crippen LogP contribution in [0.25, 0.3) is 0 Å². The number of likely N-dealkylation sites (N-methyl/N-ethyl adjacent to an activating group) is 1. The summed E-state index contributed by atoms with van der Waals surface area (Å²) in [6, 6.07) is 15.5. The van der Waals surface area contributed by atoms with Crippen molar-refractivity contribution in [1.82, 2.24) is 14.7 Å². The molecule has 0 aliphatic heterocycles. The monoisotopic (exact) mass is 440 g/mol. The topological polar surface area (TPSA) is 67.2 Å². The molecule has 144 valence electrons. The van der Waals surface area contributed by atoms with Gasteiger partial charge in [-0.2, -0.15) is 5.10 Å². The van der Waals surface area contributed by atoms with Crippen molar-refractivity contribution in [3.05, 3.63) is 82.1 Å². The molecule has 3 aromatic rings. The van der Waals surface area contributed by atoms with E-state index in [4.69, 9.17) is 0 Å². The van der Waals surface area contributed by atoms with Crippen LogP contribution in [-0.2, 0) is 11.3 Å². The smallest absolute Gasteiger partial charge is 0.257 e. The van der Waals surface area contributed by atoms with Crippen LogP contribution in [0.5, 0.6) is 0 Å². The fourth-order valence-electron chi connectivity index (χ4n) is 2.80. The van der Waals surface area contributed by atoms with Gasteiger partial charge < -0.3 is 10.2 Å². The first-order valence-corrected chi connectivity index (χ1v) is 9.59. The Balaban J connectivity index is 1.59. The standard InChI is InChI=1S/C21H21BrN4O2/c1-15-10-18(22)8-9-19(15)24-20(27)14-25(2)21(28)17-11-23-26(13-17)12-16-6-4-3-5-7-16/h3-11,13H,12,14H2,1-2H3,(H,24,27). The van der Waals surface area contributed by atoms with Crippen molar-refractivity contribution in [2.45, 2.75) is 13.5 Å². The Bertz CT molecular complexity index is 985. The van der Waals surface area contributed by atoms with E-state index in [0.717, 1.165) is 21.3 Å². The van der Waals surface area contributed by atoms with E-state index in [9.17, 15) is 9.59 Å². The van der Waals surface area contributed by atoms with Crippen molar-refractivity contribution >= 4 is 33.4 Å². The number of aryl methyl sites for hydroxylation is 1. The SMILES string of the molecule is Cc1cc(Br)ccc1NC(=O)CN(C)C(=O)c1cnn(Cc2ccccc2)c1. The second kappa shape index (κ2) is 8.84. The number of rotatable bonds is 6. The van der Waals surface area contributed by atoms with Gasteiger partial charge in [-0.15, -0.1) is 0 Å². The highest BCUT2D eigenvalue weighted by atomic mass is 79.9. The van der Waals surface area contributed by atoms with Gasteiger partial charge in [0.25, 0.3) is 5.91 Å². The van der Waals surface area contributed by atoms with E-state index in [1.54, 1.807) is 17.9 Å². The van der Waals surface area contributed by atoms with Crippen LogP contribution < -0.4 is 5.32 Å². The Hall–Kier alpha value is -2.93. The third-order valence-corrected chi connectivity index (χ3v) is 4.75. The van der Waals surface area contributed by atoms with E-state index in [1.807, 2.05) is 55.5 Å². The normalized spacial score (nSPS) is 10.5. The lowest BCUT2D eigenvalue weighted by atomic mass is 10.2. The number of nitrogens with zero attached hydrogens (tertiary/aromatic N) is 3. The second-order valence-electron chi connectivity index (χ2n) is 6.58. The Kier molecular flexibility index (Phi) is 6.26. The minimum Gasteiger partial charge on any atom is -0.332 e. The number of amides is 2. The molecule has 1 heterocycles. The predicted octanol–water partition coefficient (Wildman–Crippen LogP) is 3.71. The van der Waals surface area contributed by atoms with Crippen LogP contribution in [0.1, 0.15) is 21.5 Å². The molecule has 28 heavy (non-hydrogen) atoms. The summed E-state index contributed by atoms with van der Waals surface area (Å²) in [6.45, 7) is 2.45. The molecule has 2 amide bonds. The van der Waals surface area contributed by atoms with Gasteiger partial charge in [-0.3, -0.25) is 14.3 Å². The Morgan fingerprint density at radius 1 is 1.18 bits per heavy atom. The van der Waals surface area contributed by atoms with Gasteiger partial charge in [0, 0.05) is 23.4 Å². The quantitative estimate of drug-likeness (QED) is 0.634. The first kappa shape index (κ1) is 19.8. The molecule has 2 aromatic carbocycles. The van der Waals surface area contributed by atoms with Crippen molar-refractivity contribution < 1.29 is 9.59 Å². The van der Waals surface area contributed by atoms with E-state index in [-0.39, 0.29) is 18.4 Å². The number of hydrogen-bond donors (Lipinski definition) is 1. The lowest BCUT2D eigenvalue weighted by molar-refractivity contribution is -0.116. The van der Waals surface area contributed by atoms with Gasteiger partial charge in [0.15, 0.2) is 0 Å². The first-order valence-electron chi connectivity index (χ1n) is 8.80. The van der Waals surface area contributed by atoms with E-state index in [1.165, 1.54) is 11.1 Å². The molecule has 3 rings (SSSR count).